The number of amides is 1. The molecule has 2 fully saturated rings. The molecule has 0 bridgehead atoms. The highest BCUT2D eigenvalue weighted by Gasteiger charge is 2.30. The molecule has 2 aliphatic rings. The number of carbonyl (C=O) groups excluding carboxylic acids is 1. The van der Waals surface area contributed by atoms with Gasteiger partial charge < -0.3 is 10.1 Å². The van der Waals surface area contributed by atoms with Crippen LogP contribution >= 0.6 is 0 Å². The van der Waals surface area contributed by atoms with Crippen LogP contribution in [0.4, 0.5) is 5.82 Å². The lowest BCUT2D eigenvalue weighted by atomic mass is 10.2. The lowest BCUT2D eigenvalue weighted by Gasteiger charge is -2.09. The summed E-state index contributed by atoms with van der Waals surface area (Å²) < 4.78 is 7.67. The van der Waals surface area contributed by atoms with Gasteiger partial charge >= 0.3 is 0 Å². The highest BCUT2D eigenvalue weighted by Crippen LogP contribution is 2.31. The second-order valence-corrected chi connectivity index (χ2v) is 7.90. The number of carbonyl (C=O) groups is 1. The first-order valence-electron chi connectivity index (χ1n) is 9.87. The summed E-state index contributed by atoms with van der Waals surface area (Å²) in [5.41, 5.74) is 2.91. The van der Waals surface area contributed by atoms with Gasteiger partial charge in [-0.25, -0.2) is 9.97 Å². The van der Waals surface area contributed by atoms with E-state index in [0.29, 0.717) is 18.3 Å². The molecule has 2 aliphatic carbocycles. The maximum atomic E-state index is 12.1. The Kier molecular flexibility index (Phi) is 4.22. The van der Waals surface area contributed by atoms with E-state index < -0.39 is 0 Å². The molecular weight excluding hydrogens is 354 g/mol. The quantitative estimate of drug-likeness (QED) is 0.683. The van der Waals surface area contributed by atoms with Crippen molar-refractivity contribution in [3.8, 4) is 5.88 Å². The molecule has 0 saturated heterocycles. The summed E-state index contributed by atoms with van der Waals surface area (Å²) in [4.78, 5) is 20.9. The third kappa shape index (κ3) is 3.69. The van der Waals surface area contributed by atoms with Crippen molar-refractivity contribution in [1.29, 1.82) is 0 Å². The van der Waals surface area contributed by atoms with Crippen LogP contribution in [0.3, 0.4) is 0 Å². The molecule has 1 N–H and O–H groups in total. The number of anilines is 1. The topological polar surface area (TPSA) is 81.9 Å². The molecule has 28 heavy (non-hydrogen) atoms. The highest BCUT2D eigenvalue weighted by molar-refractivity contribution is 6.00. The van der Waals surface area contributed by atoms with Crippen LogP contribution in [0, 0.1) is 18.8 Å². The van der Waals surface area contributed by atoms with Crippen LogP contribution in [0.15, 0.2) is 30.7 Å². The number of pyridine rings is 2. The number of aromatic nitrogens is 4. The summed E-state index contributed by atoms with van der Waals surface area (Å²) in [6.07, 6.45) is 9.92. The van der Waals surface area contributed by atoms with Gasteiger partial charge in [0.25, 0.3) is 0 Å². The minimum Gasteiger partial charge on any atom is -0.477 e. The fourth-order valence-corrected chi connectivity index (χ4v) is 3.27. The number of fused-ring (bicyclic) bond motifs is 1. The van der Waals surface area contributed by atoms with Crippen LogP contribution in [0.1, 0.15) is 36.8 Å². The Morgan fingerprint density at radius 1 is 1.29 bits per heavy atom. The zero-order valence-corrected chi connectivity index (χ0v) is 15.9. The van der Waals surface area contributed by atoms with Crippen LogP contribution < -0.4 is 10.1 Å². The van der Waals surface area contributed by atoms with Gasteiger partial charge in [0.2, 0.25) is 11.8 Å². The van der Waals surface area contributed by atoms with Gasteiger partial charge in [-0.1, -0.05) is 0 Å². The second kappa shape index (κ2) is 6.89. The van der Waals surface area contributed by atoms with E-state index in [9.17, 15) is 4.79 Å². The number of aryl methyl sites for hydroxylation is 1. The van der Waals surface area contributed by atoms with E-state index in [-0.39, 0.29) is 11.8 Å². The molecule has 3 aromatic heterocycles. The molecule has 2 saturated carbocycles. The Balaban J connectivity index is 1.33. The molecular formula is C21H23N5O2. The van der Waals surface area contributed by atoms with Crippen LogP contribution in [-0.2, 0) is 11.3 Å². The van der Waals surface area contributed by atoms with Crippen molar-refractivity contribution in [2.45, 2.75) is 39.2 Å². The smallest absolute Gasteiger partial charge is 0.228 e. The van der Waals surface area contributed by atoms with Gasteiger partial charge in [0.05, 0.1) is 24.1 Å². The van der Waals surface area contributed by atoms with E-state index in [1.807, 2.05) is 30.1 Å². The first-order chi connectivity index (χ1) is 13.7. The minimum absolute atomic E-state index is 0.0503. The maximum Gasteiger partial charge on any atom is 0.228 e. The largest absolute Gasteiger partial charge is 0.477 e. The van der Waals surface area contributed by atoms with Crippen molar-refractivity contribution in [1.82, 2.24) is 19.7 Å². The van der Waals surface area contributed by atoms with E-state index in [2.05, 4.69) is 26.4 Å². The summed E-state index contributed by atoms with van der Waals surface area (Å²) >= 11 is 0. The maximum absolute atomic E-state index is 12.1. The molecule has 0 spiro atoms. The molecule has 5 rings (SSSR count). The molecule has 144 valence electrons. The third-order valence-corrected chi connectivity index (χ3v) is 5.26. The molecule has 0 unspecified atom stereocenters. The standard InChI is InChI=1S/C21H23N5O2/c1-13-8-15(9-23-21(13)28-12-14-2-3-14)10-26-11-17-18(25-26)6-7-22-19(17)24-20(27)16-4-5-16/h6-9,11,14,16H,2-5,10,12H2,1H3,(H,22,24,27). The molecule has 7 heteroatoms. The zero-order valence-electron chi connectivity index (χ0n) is 15.9. The van der Waals surface area contributed by atoms with E-state index >= 15 is 0 Å². The van der Waals surface area contributed by atoms with Crippen molar-refractivity contribution in [3.63, 3.8) is 0 Å². The number of hydrogen-bond donors (Lipinski definition) is 1. The predicted octanol–water partition coefficient (Wildman–Crippen LogP) is 3.32. The lowest BCUT2D eigenvalue weighted by molar-refractivity contribution is -0.117. The van der Waals surface area contributed by atoms with E-state index in [1.165, 1.54) is 12.8 Å². The van der Waals surface area contributed by atoms with Gasteiger partial charge in [0.15, 0.2) is 0 Å². The number of hydrogen-bond acceptors (Lipinski definition) is 5. The highest BCUT2D eigenvalue weighted by atomic mass is 16.5. The lowest BCUT2D eigenvalue weighted by Crippen LogP contribution is -2.14. The van der Waals surface area contributed by atoms with Gasteiger partial charge in [0.1, 0.15) is 5.82 Å². The Bertz CT molecular complexity index is 1040. The molecule has 0 radical (unpaired) electrons. The molecule has 0 aliphatic heterocycles. The summed E-state index contributed by atoms with van der Waals surface area (Å²) in [5.74, 6) is 2.20. The number of nitrogens with zero attached hydrogens (tertiary/aromatic N) is 4. The Morgan fingerprint density at radius 3 is 2.89 bits per heavy atom. The van der Waals surface area contributed by atoms with Crippen LogP contribution in [0.2, 0.25) is 0 Å². The first kappa shape index (κ1) is 17.2. The molecule has 0 aromatic carbocycles. The fourth-order valence-electron chi connectivity index (χ4n) is 3.27. The average molecular weight is 377 g/mol. The Hall–Kier alpha value is -2.96. The molecule has 7 nitrogen and oxygen atoms in total. The van der Waals surface area contributed by atoms with Crippen molar-refractivity contribution in [2.75, 3.05) is 11.9 Å². The van der Waals surface area contributed by atoms with Crippen LogP contribution in [-0.4, -0.2) is 32.3 Å². The molecule has 0 atom stereocenters. The predicted molar refractivity (Wildman–Crippen MR) is 105 cm³/mol. The van der Waals surface area contributed by atoms with Gasteiger partial charge in [0, 0.05) is 30.1 Å². The zero-order chi connectivity index (χ0) is 19.1. The minimum atomic E-state index is 0.0503. The molecule has 1 amide bonds. The number of rotatable bonds is 7. The molecule has 3 heterocycles. The monoisotopic (exact) mass is 377 g/mol. The van der Waals surface area contributed by atoms with Crippen molar-refractivity contribution in [2.24, 2.45) is 11.8 Å². The van der Waals surface area contributed by atoms with E-state index in [1.54, 1.807) is 6.20 Å². The summed E-state index contributed by atoms with van der Waals surface area (Å²) in [7, 11) is 0. The first-order valence-corrected chi connectivity index (χ1v) is 9.87. The van der Waals surface area contributed by atoms with E-state index in [0.717, 1.165) is 47.4 Å². The normalized spacial score (nSPS) is 16.3. The van der Waals surface area contributed by atoms with Crippen LogP contribution in [0.25, 0.3) is 10.9 Å². The van der Waals surface area contributed by atoms with Crippen LogP contribution in [0.5, 0.6) is 5.88 Å². The molecule has 3 aromatic rings. The number of nitrogens with one attached hydrogen (secondary N) is 1. The second-order valence-electron chi connectivity index (χ2n) is 7.90. The van der Waals surface area contributed by atoms with E-state index in [4.69, 9.17) is 4.74 Å². The van der Waals surface area contributed by atoms with Crippen molar-refractivity contribution in [3.05, 3.63) is 41.9 Å². The van der Waals surface area contributed by atoms with Gasteiger partial charge in [-0.3, -0.25) is 9.48 Å². The van der Waals surface area contributed by atoms with Gasteiger partial charge in [-0.2, -0.15) is 5.10 Å². The summed E-state index contributed by atoms with van der Waals surface area (Å²) in [6, 6.07) is 3.95. The summed E-state index contributed by atoms with van der Waals surface area (Å²) in [5, 5.41) is 8.41. The Labute approximate surface area is 163 Å². The summed E-state index contributed by atoms with van der Waals surface area (Å²) in [6.45, 7) is 3.38. The van der Waals surface area contributed by atoms with Crippen molar-refractivity contribution >= 4 is 22.6 Å². The fraction of sp³-hybridized carbons (Fsp3) is 0.429. The SMILES string of the molecule is Cc1cc(Cn2cc3c(NC(=O)C4CC4)nccc3n2)cnc1OCC1CC1. The third-order valence-electron chi connectivity index (χ3n) is 5.26. The van der Waals surface area contributed by atoms with Crippen molar-refractivity contribution < 1.29 is 9.53 Å². The average Bonchev–Trinajstić information content (AvgIpc) is 3.58. The number of ether oxygens (including phenoxy) is 1. The van der Waals surface area contributed by atoms with Gasteiger partial charge in [-0.05, 0) is 56.2 Å². The van der Waals surface area contributed by atoms with Gasteiger partial charge in [-0.15, -0.1) is 0 Å². The Morgan fingerprint density at radius 2 is 2.14 bits per heavy atom.